The smallest absolute Gasteiger partial charge is 0.236 e. The summed E-state index contributed by atoms with van der Waals surface area (Å²) in [7, 11) is 0. The van der Waals surface area contributed by atoms with Crippen LogP contribution < -0.4 is 5.73 Å². The standard InChI is InChI=1S/C20H29N3O2/c21-20(25)18-7-4-10-23(14-18)19(24)15-22-11-8-17(9-12-22)13-16-5-2-1-3-6-16/h1-3,5-6,17-18H,4,7-15H2,(H2,21,25). The number of carbonyl (C=O) groups is 2. The molecule has 1 unspecified atom stereocenters. The zero-order valence-electron chi connectivity index (χ0n) is 14.9. The Morgan fingerprint density at radius 1 is 1.04 bits per heavy atom. The minimum absolute atomic E-state index is 0.146. The molecule has 2 heterocycles. The molecule has 2 fully saturated rings. The van der Waals surface area contributed by atoms with Crippen LogP contribution in [-0.4, -0.2) is 54.3 Å². The van der Waals surface area contributed by atoms with E-state index in [2.05, 4.69) is 35.2 Å². The van der Waals surface area contributed by atoms with E-state index in [1.807, 2.05) is 4.90 Å². The molecule has 2 N–H and O–H groups in total. The molecule has 1 atom stereocenters. The SMILES string of the molecule is NC(=O)C1CCCN(C(=O)CN2CCC(Cc3ccccc3)CC2)C1. The highest BCUT2D eigenvalue weighted by Crippen LogP contribution is 2.22. The van der Waals surface area contributed by atoms with Crippen molar-refractivity contribution in [2.75, 3.05) is 32.7 Å². The second-order valence-electron chi connectivity index (χ2n) is 7.49. The molecule has 0 radical (unpaired) electrons. The van der Waals surface area contributed by atoms with E-state index < -0.39 is 0 Å². The molecule has 2 saturated heterocycles. The third-order valence-electron chi connectivity index (χ3n) is 5.61. The van der Waals surface area contributed by atoms with Gasteiger partial charge in [-0.3, -0.25) is 14.5 Å². The van der Waals surface area contributed by atoms with Gasteiger partial charge in [-0.15, -0.1) is 0 Å². The molecule has 2 aliphatic rings. The Morgan fingerprint density at radius 3 is 2.44 bits per heavy atom. The Bertz CT molecular complexity index is 582. The number of benzene rings is 1. The van der Waals surface area contributed by atoms with Crippen molar-refractivity contribution in [2.24, 2.45) is 17.6 Å². The average molecular weight is 343 g/mol. The van der Waals surface area contributed by atoms with Gasteiger partial charge in [0.25, 0.3) is 0 Å². The molecular weight excluding hydrogens is 314 g/mol. The van der Waals surface area contributed by atoms with Crippen molar-refractivity contribution < 1.29 is 9.59 Å². The lowest BCUT2D eigenvalue weighted by molar-refractivity contribution is -0.136. The topological polar surface area (TPSA) is 66.6 Å². The molecule has 2 aliphatic heterocycles. The predicted molar refractivity (Wildman–Crippen MR) is 97.8 cm³/mol. The summed E-state index contributed by atoms with van der Waals surface area (Å²) in [6.45, 7) is 3.70. The number of primary amides is 1. The molecule has 5 nitrogen and oxygen atoms in total. The Morgan fingerprint density at radius 2 is 1.76 bits per heavy atom. The van der Waals surface area contributed by atoms with Crippen molar-refractivity contribution in [3.63, 3.8) is 0 Å². The lowest BCUT2D eigenvalue weighted by Gasteiger charge is -2.35. The highest BCUT2D eigenvalue weighted by Gasteiger charge is 2.28. The van der Waals surface area contributed by atoms with E-state index in [-0.39, 0.29) is 17.7 Å². The summed E-state index contributed by atoms with van der Waals surface area (Å²) in [5.74, 6) is 0.406. The van der Waals surface area contributed by atoms with Crippen molar-refractivity contribution in [2.45, 2.75) is 32.1 Å². The number of likely N-dealkylation sites (tertiary alicyclic amines) is 2. The Balaban J connectivity index is 1.42. The molecule has 3 rings (SSSR count). The average Bonchev–Trinajstić information content (AvgIpc) is 2.64. The quantitative estimate of drug-likeness (QED) is 0.884. The van der Waals surface area contributed by atoms with Gasteiger partial charge in [0.05, 0.1) is 12.5 Å². The van der Waals surface area contributed by atoms with Crippen LogP contribution in [0.3, 0.4) is 0 Å². The Kier molecular flexibility index (Phi) is 6.08. The molecular formula is C20H29N3O2. The van der Waals surface area contributed by atoms with Crippen LogP contribution >= 0.6 is 0 Å². The van der Waals surface area contributed by atoms with Crippen LogP contribution in [-0.2, 0) is 16.0 Å². The molecule has 5 heteroatoms. The van der Waals surface area contributed by atoms with Gasteiger partial charge in [-0.25, -0.2) is 0 Å². The van der Waals surface area contributed by atoms with Crippen molar-refractivity contribution in [1.29, 1.82) is 0 Å². The van der Waals surface area contributed by atoms with E-state index >= 15 is 0 Å². The van der Waals surface area contributed by atoms with Crippen LogP contribution in [0.25, 0.3) is 0 Å². The first-order valence-electron chi connectivity index (χ1n) is 9.45. The fraction of sp³-hybridized carbons (Fsp3) is 0.600. The van der Waals surface area contributed by atoms with Gasteiger partial charge in [-0.1, -0.05) is 30.3 Å². The second kappa shape index (κ2) is 8.48. The molecule has 25 heavy (non-hydrogen) atoms. The number of nitrogens with two attached hydrogens (primary N) is 1. The van der Waals surface area contributed by atoms with Crippen LogP contribution in [0.4, 0.5) is 0 Å². The Hall–Kier alpha value is -1.88. The third-order valence-corrected chi connectivity index (χ3v) is 5.61. The van der Waals surface area contributed by atoms with E-state index in [1.54, 1.807) is 0 Å². The van der Waals surface area contributed by atoms with E-state index in [0.29, 0.717) is 19.0 Å². The number of rotatable bonds is 5. The summed E-state index contributed by atoms with van der Waals surface area (Å²) in [4.78, 5) is 28.0. The van der Waals surface area contributed by atoms with E-state index in [0.717, 1.165) is 51.7 Å². The monoisotopic (exact) mass is 343 g/mol. The molecule has 0 saturated carbocycles. The second-order valence-corrected chi connectivity index (χ2v) is 7.49. The maximum atomic E-state index is 12.5. The zero-order valence-corrected chi connectivity index (χ0v) is 14.9. The van der Waals surface area contributed by atoms with Crippen LogP contribution in [0.5, 0.6) is 0 Å². The summed E-state index contributed by atoms with van der Waals surface area (Å²) >= 11 is 0. The number of nitrogens with zero attached hydrogens (tertiary/aromatic N) is 2. The minimum Gasteiger partial charge on any atom is -0.369 e. The first-order valence-corrected chi connectivity index (χ1v) is 9.45. The molecule has 1 aromatic carbocycles. The number of carbonyl (C=O) groups excluding carboxylic acids is 2. The van der Waals surface area contributed by atoms with Gasteiger partial charge in [0.15, 0.2) is 0 Å². The molecule has 2 amide bonds. The van der Waals surface area contributed by atoms with E-state index in [4.69, 9.17) is 5.73 Å². The molecule has 0 spiro atoms. The third kappa shape index (κ3) is 5.05. The maximum absolute atomic E-state index is 12.5. The van der Waals surface area contributed by atoms with Crippen molar-refractivity contribution in [1.82, 2.24) is 9.80 Å². The lowest BCUT2D eigenvalue weighted by atomic mass is 9.90. The zero-order chi connectivity index (χ0) is 17.6. The summed E-state index contributed by atoms with van der Waals surface area (Å²) in [6, 6.07) is 10.6. The fourth-order valence-corrected chi connectivity index (χ4v) is 4.02. The summed E-state index contributed by atoms with van der Waals surface area (Å²) in [6.07, 6.45) is 5.11. The van der Waals surface area contributed by atoms with Gasteiger partial charge in [0.2, 0.25) is 11.8 Å². The van der Waals surface area contributed by atoms with Gasteiger partial charge in [-0.2, -0.15) is 0 Å². The summed E-state index contributed by atoms with van der Waals surface area (Å²) in [5.41, 5.74) is 6.81. The van der Waals surface area contributed by atoms with E-state index in [9.17, 15) is 9.59 Å². The Labute approximate surface area is 150 Å². The summed E-state index contributed by atoms with van der Waals surface area (Å²) in [5, 5.41) is 0. The number of hydrogen-bond donors (Lipinski definition) is 1. The molecule has 0 bridgehead atoms. The minimum atomic E-state index is -0.278. The lowest BCUT2D eigenvalue weighted by Crippen LogP contribution is -2.48. The van der Waals surface area contributed by atoms with Gasteiger partial charge in [0, 0.05) is 13.1 Å². The van der Waals surface area contributed by atoms with Crippen LogP contribution in [0, 0.1) is 11.8 Å². The van der Waals surface area contributed by atoms with Crippen molar-refractivity contribution >= 4 is 11.8 Å². The number of piperidine rings is 2. The largest absolute Gasteiger partial charge is 0.369 e. The molecule has 136 valence electrons. The van der Waals surface area contributed by atoms with Gasteiger partial charge in [0.1, 0.15) is 0 Å². The first kappa shape index (κ1) is 17.9. The normalized spacial score (nSPS) is 22.7. The van der Waals surface area contributed by atoms with Crippen LogP contribution in [0.2, 0.25) is 0 Å². The maximum Gasteiger partial charge on any atom is 0.236 e. The highest BCUT2D eigenvalue weighted by molar-refractivity contribution is 5.81. The molecule has 0 aromatic heterocycles. The van der Waals surface area contributed by atoms with Gasteiger partial charge < -0.3 is 10.6 Å². The van der Waals surface area contributed by atoms with Crippen LogP contribution in [0.1, 0.15) is 31.2 Å². The van der Waals surface area contributed by atoms with E-state index in [1.165, 1.54) is 5.56 Å². The summed E-state index contributed by atoms with van der Waals surface area (Å²) < 4.78 is 0. The van der Waals surface area contributed by atoms with Gasteiger partial charge in [-0.05, 0) is 56.7 Å². The highest BCUT2D eigenvalue weighted by atomic mass is 16.2. The molecule has 1 aromatic rings. The first-order chi connectivity index (χ1) is 12.1. The van der Waals surface area contributed by atoms with Crippen LogP contribution in [0.15, 0.2) is 30.3 Å². The molecule has 0 aliphatic carbocycles. The number of hydrogen-bond acceptors (Lipinski definition) is 3. The predicted octanol–water partition coefficient (Wildman–Crippen LogP) is 1.66. The van der Waals surface area contributed by atoms with Gasteiger partial charge >= 0.3 is 0 Å². The number of amides is 2. The fourth-order valence-electron chi connectivity index (χ4n) is 4.02. The van der Waals surface area contributed by atoms with Crippen molar-refractivity contribution in [3.8, 4) is 0 Å². The van der Waals surface area contributed by atoms with Crippen molar-refractivity contribution in [3.05, 3.63) is 35.9 Å².